The van der Waals surface area contributed by atoms with Crippen LogP contribution < -0.4 is 9.80 Å². The van der Waals surface area contributed by atoms with Crippen LogP contribution in [0.25, 0.3) is 33.7 Å². The van der Waals surface area contributed by atoms with Gasteiger partial charge in [0.1, 0.15) is 5.56 Å². The van der Waals surface area contributed by atoms with Crippen LogP contribution in [0.4, 0.5) is 34.1 Å². The van der Waals surface area contributed by atoms with Gasteiger partial charge in [0.15, 0.2) is 0 Å². The fourth-order valence-corrected chi connectivity index (χ4v) is 6.62. The van der Waals surface area contributed by atoms with Crippen LogP contribution in [0, 0.1) is 13.8 Å². The van der Waals surface area contributed by atoms with E-state index in [4.69, 9.17) is 0 Å². The average molecular weight is 642 g/mol. The van der Waals surface area contributed by atoms with E-state index in [9.17, 15) is 0 Å². The molecule has 0 fully saturated rings. The highest BCUT2D eigenvalue weighted by Crippen LogP contribution is 2.38. The molecule has 0 aliphatic carbocycles. The van der Waals surface area contributed by atoms with Crippen molar-refractivity contribution in [2.24, 2.45) is 0 Å². The van der Waals surface area contributed by atoms with Crippen molar-refractivity contribution >= 4 is 67.8 Å². The monoisotopic (exact) mass is 641 g/mol. The maximum atomic E-state index is 4.09. The van der Waals surface area contributed by atoms with Gasteiger partial charge in [-0.3, -0.25) is 0 Å². The van der Waals surface area contributed by atoms with Crippen LogP contribution in [0.15, 0.2) is 182 Å². The largest absolute Gasteiger partial charge is 0.310 e. The van der Waals surface area contributed by atoms with Crippen LogP contribution in [0.5, 0.6) is 0 Å². The number of rotatable bonds is 8. The van der Waals surface area contributed by atoms with Crippen molar-refractivity contribution in [1.29, 1.82) is 0 Å². The predicted octanol–water partition coefficient (Wildman–Crippen LogP) is 13.6. The molecule has 2 nitrogen and oxygen atoms in total. The van der Waals surface area contributed by atoms with Gasteiger partial charge in [0, 0.05) is 64.0 Å². The molecular weight excluding hydrogens is 605 g/mol. The Kier molecular flexibility index (Phi) is 8.34. The van der Waals surface area contributed by atoms with E-state index in [1.54, 1.807) is 0 Å². The van der Waals surface area contributed by atoms with Gasteiger partial charge in [0.05, 0.1) is 6.07 Å². The summed E-state index contributed by atoms with van der Waals surface area (Å²) in [6.07, 6.45) is 4.36. The number of benzene rings is 8. The van der Waals surface area contributed by atoms with Crippen molar-refractivity contribution in [3.63, 3.8) is 0 Å². The Bertz CT molecular complexity index is 2250. The Morgan fingerprint density at radius 2 is 0.740 bits per heavy atom. The first-order valence-corrected chi connectivity index (χ1v) is 17.0. The maximum absolute atomic E-state index is 4.09. The van der Waals surface area contributed by atoms with E-state index >= 15 is 0 Å². The summed E-state index contributed by atoms with van der Waals surface area (Å²) in [4.78, 5) is 4.62. The quantitative estimate of drug-likeness (QED) is 0.120. The van der Waals surface area contributed by atoms with Crippen molar-refractivity contribution in [2.75, 3.05) is 9.80 Å². The number of aryl methyl sites for hydroxylation is 1. The summed E-state index contributed by atoms with van der Waals surface area (Å²) >= 11 is 0. The van der Waals surface area contributed by atoms with Crippen LogP contribution in [0.1, 0.15) is 22.3 Å². The summed E-state index contributed by atoms with van der Waals surface area (Å²) in [6, 6.07) is 64.9. The average Bonchev–Trinajstić information content (AvgIpc) is 3.16. The summed E-state index contributed by atoms with van der Waals surface area (Å²) < 4.78 is 0. The van der Waals surface area contributed by atoms with E-state index < -0.39 is 0 Å². The maximum Gasteiger partial charge on any atom is 0.127 e. The molecule has 0 aromatic heterocycles. The molecule has 0 aliphatic rings. The third-order valence-electron chi connectivity index (χ3n) is 9.18. The first-order chi connectivity index (χ1) is 24.6. The molecule has 238 valence electrons. The zero-order valence-corrected chi connectivity index (χ0v) is 28.1. The van der Waals surface area contributed by atoms with E-state index in [0.29, 0.717) is 0 Å². The molecule has 0 saturated carbocycles. The predicted molar refractivity (Wildman–Crippen MR) is 215 cm³/mol. The van der Waals surface area contributed by atoms with Gasteiger partial charge >= 0.3 is 0 Å². The zero-order valence-electron chi connectivity index (χ0n) is 28.1. The highest BCUT2D eigenvalue weighted by molar-refractivity contribution is 5.91. The van der Waals surface area contributed by atoms with E-state index in [-0.39, 0.29) is 0 Å². The van der Waals surface area contributed by atoms with E-state index in [1.807, 2.05) is 0 Å². The number of para-hydroxylation sites is 2. The molecule has 0 spiro atoms. The third-order valence-corrected chi connectivity index (χ3v) is 9.18. The highest BCUT2D eigenvalue weighted by atomic mass is 15.1. The highest BCUT2D eigenvalue weighted by Gasteiger charge is 2.15. The molecule has 8 aromatic rings. The van der Waals surface area contributed by atoms with Crippen molar-refractivity contribution in [1.82, 2.24) is 0 Å². The van der Waals surface area contributed by atoms with Gasteiger partial charge in [-0.05, 0) is 108 Å². The van der Waals surface area contributed by atoms with Gasteiger partial charge in [-0.1, -0.05) is 103 Å². The Balaban J connectivity index is 1.05. The minimum atomic E-state index is 1.02. The van der Waals surface area contributed by atoms with E-state index in [2.05, 4.69) is 218 Å². The lowest BCUT2D eigenvalue weighted by molar-refractivity contribution is 1.29. The van der Waals surface area contributed by atoms with Crippen LogP contribution in [0.2, 0.25) is 0 Å². The van der Waals surface area contributed by atoms with Crippen molar-refractivity contribution in [3.05, 3.63) is 211 Å². The van der Waals surface area contributed by atoms with Crippen LogP contribution in [-0.4, -0.2) is 0 Å². The topological polar surface area (TPSA) is 6.48 Å². The standard InChI is InChI=1S/C48H37N2/c1-35-13-21-41-33-47(29-23-39(41)31-35)49(43-9-5-3-6-10-43)45-25-17-37(18-26-45)15-16-38-19-27-46(28-20-38)50(44-11-7-4-8-12-44)48-30-24-40-32-36(2)14-22-42(40)34-48/h3-34H,1H2,2H3/q+1/b16-15+. The Morgan fingerprint density at radius 1 is 0.360 bits per heavy atom. The van der Waals surface area contributed by atoms with Crippen molar-refractivity contribution in [3.8, 4) is 0 Å². The fourth-order valence-electron chi connectivity index (χ4n) is 6.62. The van der Waals surface area contributed by atoms with Crippen LogP contribution in [0.3, 0.4) is 0 Å². The van der Waals surface area contributed by atoms with Crippen LogP contribution >= 0.6 is 0 Å². The summed E-state index contributed by atoms with van der Waals surface area (Å²) in [6.45, 7) is 6.23. The normalized spacial score (nSPS) is 11.3. The SMILES string of the molecule is [CH2+]c1ccc2cc(N(c3ccccc3)c3ccc(/C=C/c4ccc(N(c5ccccc5)c5ccc6cc(C)ccc6c5)cc4)cc3)ccc2c1. The molecular formula is C48H37N2+. The van der Waals surface area contributed by atoms with Gasteiger partial charge < -0.3 is 9.80 Å². The van der Waals surface area contributed by atoms with Gasteiger partial charge in [0.2, 0.25) is 0 Å². The smallest absolute Gasteiger partial charge is 0.127 e. The van der Waals surface area contributed by atoms with Crippen molar-refractivity contribution < 1.29 is 0 Å². The number of fused-ring (bicyclic) bond motifs is 2. The summed E-state index contributed by atoms with van der Waals surface area (Å²) in [5, 5.41) is 4.88. The molecule has 0 saturated heterocycles. The third kappa shape index (κ3) is 6.48. The second-order valence-corrected chi connectivity index (χ2v) is 12.8. The van der Waals surface area contributed by atoms with E-state index in [1.165, 1.54) is 27.1 Å². The van der Waals surface area contributed by atoms with E-state index in [0.717, 1.165) is 50.8 Å². The van der Waals surface area contributed by atoms with Crippen LogP contribution in [-0.2, 0) is 0 Å². The van der Waals surface area contributed by atoms with Gasteiger partial charge in [0.25, 0.3) is 0 Å². The Morgan fingerprint density at radius 3 is 1.24 bits per heavy atom. The first-order valence-electron chi connectivity index (χ1n) is 17.0. The minimum absolute atomic E-state index is 1.02. The Hall–Kier alpha value is -6.51. The molecule has 50 heavy (non-hydrogen) atoms. The second kappa shape index (κ2) is 13.5. The molecule has 0 aliphatic heterocycles. The molecule has 0 heterocycles. The molecule has 0 bridgehead atoms. The number of hydrogen-bond donors (Lipinski definition) is 0. The van der Waals surface area contributed by atoms with Gasteiger partial charge in [-0.25, -0.2) is 0 Å². The fraction of sp³-hybridized carbons (Fsp3) is 0.0208. The lowest BCUT2D eigenvalue weighted by atomic mass is 10.1. The summed E-state index contributed by atoms with van der Waals surface area (Å²) in [7, 11) is 0. The molecule has 0 atom stereocenters. The molecule has 0 radical (unpaired) electrons. The lowest BCUT2D eigenvalue weighted by Crippen LogP contribution is -2.09. The second-order valence-electron chi connectivity index (χ2n) is 12.8. The van der Waals surface area contributed by atoms with Crippen molar-refractivity contribution in [2.45, 2.75) is 6.92 Å². The van der Waals surface area contributed by atoms with Gasteiger partial charge in [-0.2, -0.15) is 0 Å². The summed E-state index contributed by atoms with van der Waals surface area (Å²) in [5.41, 5.74) is 11.3. The molecule has 0 amide bonds. The number of hydrogen-bond acceptors (Lipinski definition) is 2. The summed E-state index contributed by atoms with van der Waals surface area (Å²) in [5.74, 6) is 0. The lowest BCUT2D eigenvalue weighted by Gasteiger charge is -2.26. The molecule has 8 aromatic carbocycles. The van der Waals surface area contributed by atoms with Gasteiger partial charge in [-0.15, -0.1) is 0 Å². The Labute approximate surface area is 294 Å². The zero-order chi connectivity index (χ0) is 33.9. The first kappa shape index (κ1) is 30.8. The number of anilines is 6. The minimum Gasteiger partial charge on any atom is -0.310 e. The molecule has 0 N–H and O–H groups in total. The molecule has 0 unspecified atom stereocenters. The number of nitrogens with zero attached hydrogens (tertiary/aromatic N) is 2. The molecule has 2 heteroatoms. The molecule has 8 rings (SSSR count).